The number of benzene rings is 1. The summed E-state index contributed by atoms with van der Waals surface area (Å²) in [6.07, 6.45) is -0.559. The Labute approximate surface area is 114 Å². The highest BCUT2D eigenvalue weighted by Gasteiger charge is 2.20. The van der Waals surface area contributed by atoms with Crippen LogP contribution in [0.1, 0.15) is 11.6 Å². The maximum atomic E-state index is 11.0. The Morgan fingerprint density at radius 3 is 2.94 bits per heavy atom. The van der Waals surface area contributed by atoms with Gasteiger partial charge < -0.3 is 10.1 Å². The summed E-state index contributed by atoms with van der Waals surface area (Å²) in [5, 5.41) is 6.43. The number of carbonyl (C=O) groups excluding carboxylic acids is 1. The molecule has 2 rings (SSSR count). The van der Waals surface area contributed by atoms with Crippen LogP contribution in [0.15, 0.2) is 23.2 Å². The molecule has 1 unspecified atom stereocenters. The number of ether oxygens (including phenoxy) is 1. The number of hydrogen-bond donors (Lipinski definition) is 2. The summed E-state index contributed by atoms with van der Waals surface area (Å²) in [6, 6.07) is 5.24. The van der Waals surface area contributed by atoms with Crippen LogP contribution in [0.4, 0.5) is 4.79 Å². The van der Waals surface area contributed by atoms with E-state index in [-0.39, 0.29) is 6.04 Å². The number of rotatable bonds is 1. The van der Waals surface area contributed by atoms with Gasteiger partial charge in [-0.2, -0.15) is 0 Å². The second-order valence-electron chi connectivity index (χ2n) is 3.66. The number of aliphatic imine (C=N–C) groups is 1. The summed E-state index contributed by atoms with van der Waals surface area (Å²) in [6.45, 7) is 0.581. The largest absolute Gasteiger partial charge is 0.453 e. The summed E-state index contributed by atoms with van der Waals surface area (Å²) in [7, 11) is 1.29. The van der Waals surface area contributed by atoms with Crippen molar-refractivity contribution in [2.75, 3.05) is 13.7 Å². The Hall–Kier alpha value is -1.46. The third kappa shape index (κ3) is 2.86. The molecule has 0 aromatic heterocycles. The van der Waals surface area contributed by atoms with Crippen LogP contribution < -0.4 is 10.6 Å². The number of hydrogen-bond acceptors (Lipinski definition) is 4. The first-order valence-corrected chi connectivity index (χ1v) is 5.97. The molecule has 7 heteroatoms. The normalized spacial score (nSPS) is 17.9. The monoisotopic (exact) mass is 287 g/mol. The fourth-order valence-electron chi connectivity index (χ4n) is 1.58. The van der Waals surface area contributed by atoms with Crippen LogP contribution in [-0.4, -0.2) is 25.7 Å². The number of guanidine groups is 1. The van der Waals surface area contributed by atoms with Gasteiger partial charge in [0.1, 0.15) is 0 Å². The average Bonchev–Trinajstić information content (AvgIpc) is 2.81. The number of nitrogens with zero attached hydrogens (tertiary/aromatic N) is 1. The highest BCUT2D eigenvalue weighted by atomic mass is 35.5. The first-order chi connectivity index (χ1) is 8.60. The molecule has 1 aliphatic rings. The van der Waals surface area contributed by atoms with E-state index in [0.717, 1.165) is 5.56 Å². The molecular formula is C11H11Cl2N3O2. The van der Waals surface area contributed by atoms with E-state index in [4.69, 9.17) is 23.2 Å². The van der Waals surface area contributed by atoms with E-state index < -0.39 is 6.09 Å². The van der Waals surface area contributed by atoms with Gasteiger partial charge in [0, 0.05) is 6.54 Å². The summed E-state index contributed by atoms with van der Waals surface area (Å²) in [5.41, 5.74) is 0.929. The van der Waals surface area contributed by atoms with Crippen molar-refractivity contribution >= 4 is 35.3 Å². The molecule has 0 radical (unpaired) electrons. The van der Waals surface area contributed by atoms with Crippen molar-refractivity contribution in [3.05, 3.63) is 33.8 Å². The molecule has 2 N–H and O–H groups in total. The second-order valence-corrected chi connectivity index (χ2v) is 4.48. The third-order valence-electron chi connectivity index (χ3n) is 2.48. The maximum absolute atomic E-state index is 11.0. The Balaban J connectivity index is 2.11. The molecule has 18 heavy (non-hydrogen) atoms. The molecule has 1 aromatic carbocycles. The van der Waals surface area contributed by atoms with Crippen molar-refractivity contribution < 1.29 is 9.53 Å². The van der Waals surface area contributed by atoms with Crippen LogP contribution in [0.3, 0.4) is 0 Å². The molecule has 1 atom stereocenters. The van der Waals surface area contributed by atoms with Gasteiger partial charge in [-0.25, -0.2) is 9.79 Å². The molecule has 0 fully saturated rings. The van der Waals surface area contributed by atoms with Crippen molar-refractivity contribution in [3.8, 4) is 0 Å². The lowest BCUT2D eigenvalue weighted by Gasteiger charge is -2.06. The van der Waals surface area contributed by atoms with E-state index in [1.165, 1.54) is 7.11 Å². The zero-order chi connectivity index (χ0) is 13.1. The molecule has 96 valence electrons. The molecule has 0 spiro atoms. The molecule has 5 nitrogen and oxygen atoms in total. The van der Waals surface area contributed by atoms with Gasteiger partial charge in [-0.05, 0) is 17.7 Å². The average molecular weight is 288 g/mol. The molecule has 1 aromatic rings. The van der Waals surface area contributed by atoms with Crippen LogP contribution in [0.25, 0.3) is 0 Å². The standard InChI is InChI=1S/C11H11Cl2N3O2/c1-18-11(17)16-10-14-5-9(15-10)6-2-3-7(12)8(13)4-6/h2-4,9H,5H2,1H3,(H2,14,15,16,17). The number of nitrogens with one attached hydrogen (secondary N) is 2. The first-order valence-electron chi connectivity index (χ1n) is 5.21. The first kappa shape index (κ1) is 13.0. The number of alkyl carbamates (subject to hydrolysis) is 1. The summed E-state index contributed by atoms with van der Waals surface area (Å²) in [4.78, 5) is 15.3. The summed E-state index contributed by atoms with van der Waals surface area (Å²) >= 11 is 11.8. The minimum absolute atomic E-state index is 0.105. The topological polar surface area (TPSA) is 62.7 Å². The van der Waals surface area contributed by atoms with Crippen LogP contribution in [0, 0.1) is 0 Å². The van der Waals surface area contributed by atoms with E-state index in [0.29, 0.717) is 22.5 Å². The van der Waals surface area contributed by atoms with Crippen LogP contribution in [-0.2, 0) is 4.74 Å². The SMILES string of the molecule is COC(=O)NC1=NC(c2ccc(Cl)c(Cl)c2)CN1. The van der Waals surface area contributed by atoms with Crippen molar-refractivity contribution in [1.82, 2.24) is 10.6 Å². The quantitative estimate of drug-likeness (QED) is 0.833. The fourth-order valence-corrected chi connectivity index (χ4v) is 1.88. The summed E-state index contributed by atoms with van der Waals surface area (Å²) < 4.78 is 4.48. The Morgan fingerprint density at radius 2 is 2.28 bits per heavy atom. The number of methoxy groups -OCH3 is 1. The van der Waals surface area contributed by atoms with Crippen molar-refractivity contribution in [3.63, 3.8) is 0 Å². The lowest BCUT2D eigenvalue weighted by atomic mass is 10.1. The maximum Gasteiger partial charge on any atom is 0.413 e. The van der Waals surface area contributed by atoms with Gasteiger partial charge in [-0.3, -0.25) is 5.32 Å². The van der Waals surface area contributed by atoms with Crippen molar-refractivity contribution in [2.45, 2.75) is 6.04 Å². The second kappa shape index (κ2) is 5.46. The molecule has 0 saturated heterocycles. The van der Waals surface area contributed by atoms with E-state index in [1.54, 1.807) is 12.1 Å². The van der Waals surface area contributed by atoms with E-state index in [9.17, 15) is 4.79 Å². The third-order valence-corrected chi connectivity index (χ3v) is 3.22. The Morgan fingerprint density at radius 1 is 1.50 bits per heavy atom. The molecule has 1 amide bonds. The highest BCUT2D eigenvalue weighted by molar-refractivity contribution is 6.42. The van der Waals surface area contributed by atoms with E-state index >= 15 is 0 Å². The number of amides is 1. The van der Waals surface area contributed by atoms with Crippen LogP contribution in [0.5, 0.6) is 0 Å². The van der Waals surface area contributed by atoms with E-state index in [1.807, 2.05) is 6.07 Å². The van der Waals surface area contributed by atoms with Gasteiger partial charge in [0.25, 0.3) is 0 Å². The predicted molar refractivity (Wildman–Crippen MR) is 70.2 cm³/mol. The molecule has 0 bridgehead atoms. The minimum atomic E-state index is -0.559. The molecule has 0 saturated carbocycles. The van der Waals surface area contributed by atoms with Gasteiger partial charge >= 0.3 is 6.09 Å². The molecular weight excluding hydrogens is 277 g/mol. The lowest BCUT2D eigenvalue weighted by Crippen LogP contribution is -2.37. The van der Waals surface area contributed by atoms with Crippen LogP contribution >= 0.6 is 23.2 Å². The Bertz CT molecular complexity index is 505. The predicted octanol–water partition coefficient (Wildman–Crippen LogP) is 2.35. The van der Waals surface area contributed by atoms with Crippen molar-refractivity contribution in [1.29, 1.82) is 0 Å². The smallest absolute Gasteiger partial charge is 0.413 e. The van der Waals surface area contributed by atoms with Gasteiger partial charge in [0.05, 0.1) is 23.2 Å². The zero-order valence-electron chi connectivity index (χ0n) is 9.54. The van der Waals surface area contributed by atoms with E-state index in [2.05, 4.69) is 20.4 Å². The molecule has 1 heterocycles. The van der Waals surface area contributed by atoms with Gasteiger partial charge in [-0.15, -0.1) is 0 Å². The minimum Gasteiger partial charge on any atom is -0.453 e. The number of halogens is 2. The molecule has 0 aliphatic carbocycles. The van der Waals surface area contributed by atoms with Gasteiger partial charge in [0.2, 0.25) is 5.96 Å². The lowest BCUT2D eigenvalue weighted by molar-refractivity contribution is 0.176. The highest BCUT2D eigenvalue weighted by Crippen LogP contribution is 2.27. The van der Waals surface area contributed by atoms with Gasteiger partial charge in [0.15, 0.2) is 0 Å². The summed E-state index contributed by atoms with van der Waals surface area (Å²) in [5.74, 6) is 0.387. The van der Waals surface area contributed by atoms with Gasteiger partial charge in [-0.1, -0.05) is 29.3 Å². The fraction of sp³-hybridized carbons (Fsp3) is 0.273. The Kier molecular flexibility index (Phi) is 3.93. The molecule has 1 aliphatic heterocycles. The number of carbonyl (C=O) groups is 1. The van der Waals surface area contributed by atoms with Crippen LogP contribution in [0.2, 0.25) is 10.0 Å². The zero-order valence-corrected chi connectivity index (χ0v) is 11.0. The van der Waals surface area contributed by atoms with Crippen molar-refractivity contribution in [2.24, 2.45) is 4.99 Å².